The molecule has 1 aromatic heterocycles. The first-order valence-corrected chi connectivity index (χ1v) is 10.4. The number of hydrogen-bond acceptors (Lipinski definition) is 5. The molecule has 0 aliphatic carbocycles. The summed E-state index contributed by atoms with van der Waals surface area (Å²) in [7, 11) is -3.67. The maximum atomic E-state index is 13.2. The number of benzene rings is 2. The van der Waals surface area contributed by atoms with E-state index in [9.17, 15) is 8.42 Å². The Morgan fingerprint density at radius 2 is 1.78 bits per heavy atom. The second kappa shape index (κ2) is 7.88. The monoisotopic (exact) mass is 406 g/mol. The largest absolute Gasteiger partial charge is 0.369 e. The van der Waals surface area contributed by atoms with Gasteiger partial charge in [-0.15, -0.1) is 12.4 Å². The molecule has 0 radical (unpaired) electrons. The number of hydrogen-bond donors (Lipinski definition) is 1. The van der Waals surface area contributed by atoms with Crippen LogP contribution in [0.25, 0.3) is 10.9 Å². The molecule has 2 heterocycles. The van der Waals surface area contributed by atoms with Gasteiger partial charge in [0.15, 0.2) is 5.03 Å². The Kier molecular flexibility index (Phi) is 5.74. The lowest BCUT2D eigenvalue weighted by molar-refractivity contribution is 0.584. The van der Waals surface area contributed by atoms with Crippen LogP contribution in [-0.2, 0) is 16.4 Å². The Hall–Kier alpha value is -2.09. The minimum Gasteiger partial charge on any atom is -0.369 e. The van der Waals surface area contributed by atoms with Crippen molar-refractivity contribution in [2.75, 3.05) is 31.1 Å². The second-order valence-corrected chi connectivity index (χ2v) is 8.24. The standard InChI is InChI=1S/C19H22N4O2S.ClH/c1-2-23-18-9-8-15(22-12-10-20-11-13-22)14-17(18)19(21-23)26(24,25)16-6-4-3-5-7-16;/h3-9,14,20H,2,10-13H2,1H3;1H. The number of aryl methyl sites for hydroxylation is 1. The zero-order valence-corrected chi connectivity index (χ0v) is 16.8. The van der Waals surface area contributed by atoms with Crippen molar-refractivity contribution in [2.45, 2.75) is 23.4 Å². The molecule has 1 aliphatic heterocycles. The highest BCUT2D eigenvalue weighted by Crippen LogP contribution is 2.31. The van der Waals surface area contributed by atoms with Crippen LogP contribution in [-0.4, -0.2) is 44.4 Å². The van der Waals surface area contributed by atoms with Crippen LogP contribution in [0.15, 0.2) is 58.5 Å². The van der Waals surface area contributed by atoms with E-state index < -0.39 is 9.84 Å². The fraction of sp³-hybridized carbons (Fsp3) is 0.316. The molecule has 3 aromatic rings. The van der Waals surface area contributed by atoms with Gasteiger partial charge < -0.3 is 10.2 Å². The van der Waals surface area contributed by atoms with Crippen molar-refractivity contribution >= 4 is 38.8 Å². The van der Waals surface area contributed by atoms with E-state index in [1.54, 1.807) is 28.9 Å². The molecule has 1 saturated heterocycles. The van der Waals surface area contributed by atoms with Gasteiger partial charge >= 0.3 is 0 Å². The van der Waals surface area contributed by atoms with E-state index >= 15 is 0 Å². The van der Waals surface area contributed by atoms with Gasteiger partial charge in [-0.1, -0.05) is 18.2 Å². The molecule has 4 rings (SSSR count). The summed E-state index contributed by atoms with van der Waals surface area (Å²) in [6.45, 7) is 6.27. The predicted molar refractivity (Wildman–Crippen MR) is 110 cm³/mol. The fourth-order valence-electron chi connectivity index (χ4n) is 3.41. The molecule has 27 heavy (non-hydrogen) atoms. The molecule has 8 heteroatoms. The topological polar surface area (TPSA) is 67.2 Å². The van der Waals surface area contributed by atoms with E-state index in [-0.39, 0.29) is 22.3 Å². The van der Waals surface area contributed by atoms with Crippen LogP contribution in [0.1, 0.15) is 6.92 Å². The number of aromatic nitrogens is 2. The summed E-state index contributed by atoms with van der Waals surface area (Å²) < 4.78 is 28.1. The van der Waals surface area contributed by atoms with Crippen LogP contribution in [0.3, 0.4) is 0 Å². The van der Waals surface area contributed by atoms with Gasteiger partial charge in [0, 0.05) is 43.8 Å². The molecule has 0 bridgehead atoms. The fourth-order valence-corrected chi connectivity index (χ4v) is 4.81. The average Bonchev–Trinajstić information content (AvgIpc) is 3.08. The molecule has 1 aliphatic rings. The number of nitrogens with zero attached hydrogens (tertiary/aromatic N) is 3. The quantitative estimate of drug-likeness (QED) is 0.721. The molecule has 0 spiro atoms. The molecule has 0 unspecified atom stereocenters. The van der Waals surface area contributed by atoms with Crippen molar-refractivity contribution in [2.24, 2.45) is 0 Å². The molecule has 6 nitrogen and oxygen atoms in total. The number of anilines is 1. The van der Waals surface area contributed by atoms with Crippen LogP contribution >= 0.6 is 12.4 Å². The average molecular weight is 407 g/mol. The first-order valence-electron chi connectivity index (χ1n) is 8.87. The van der Waals surface area contributed by atoms with E-state index in [0.29, 0.717) is 11.9 Å². The molecule has 2 aromatic carbocycles. The van der Waals surface area contributed by atoms with E-state index in [0.717, 1.165) is 37.4 Å². The summed E-state index contributed by atoms with van der Waals surface area (Å²) in [5.74, 6) is 0. The van der Waals surface area contributed by atoms with Gasteiger partial charge in [0.1, 0.15) is 0 Å². The number of rotatable bonds is 4. The van der Waals surface area contributed by atoms with Gasteiger partial charge in [-0.05, 0) is 37.3 Å². The Morgan fingerprint density at radius 1 is 1.07 bits per heavy atom. The normalized spacial score (nSPS) is 14.9. The summed E-state index contributed by atoms with van der Waals surface area (Å²) in [5, 5.41) is 8.60. The Labute approximate surface area is 165 Å². The molecular formula is C19H23ClN4O2S. The van der Waals surface area contributed by atoms with Gasteiger partial charge in [-0.2, -0.15) is 5.10 Å². The number of fused-ring (bicyclic) bond motifs is 1. The number of piperazine rings is 1. The Morgan fingerprint density at radius 3 is 2.44 bits per heavy atom. The SMILES string of the molecule is CCn1nc(S(=O)(=O)c2ccccc2)c2cc(N3CCNCC3)ccc21.Cl. The van der Waals surface area contributed by atoms with Crippen LogP contribution in [0.4, 0.5) is 5.69 Å². The Bertz CT molecular complexity index is 1030. The third-order valence-corrected chi connectivity index (χ3v) is 6.49. The van der Waals surface area contributed by atoms with E-state index in [4.69, 9.17) is 0 Å². The van der Waals surface area contributed by atoms with Crippen LogP contribution in [0.2, 0.25) is 0 Å². The smallest absolute Gasteiger partial charge is 0.226 e. The third-order valence-electron chi connectivity index (χ3n) is 4.79. The van der Waals surface area contributed by atoms with E-state index in [1.807, 2.05) is 25.1 Å². The summed E-state index contributed by atoms with van der Waals surface area (Å²) in [6, 6.07) is 14.5. The molecule has 0 amide bonds. The van der Waals surface area contributed by atoms with Crippen molar-refractivity contribution in [3.63, 3.8) is 0 Å². The number of nitrogens with one attached hydrogen (secondary N) is 1. The maximum Gasteiger partial charge on any atom is 0.226 e. The van der Waals surface area contributed by atoms with E-state index in [1.165, 1.54) is 0 Å². The third kappa shape index (κ3) is 3.54. The summed E-state index contributed by atoms with van der Waals surface area (Å²) >= 11 is 0. The van der Waals surface area contributed by atoms with Gasteiger partial charge in [0.2, 0.25) is 9.84 Å². The maximum absolute atomic E-state index is 13.2. The van der Waals surface area contributed by atoms with Crippen LogP contribution in [0, 0.1) is 0 Å². The Balaban J connectivity index is 0.00000210. The van der Waals surface area contributed by atoms with Gasteiger partial charge in [0.25, 0.3) is 0 Å². The lowest BCUT2D eigenvalue weighted by atomic mass is 10.2. The summed E-state index contributed by atoms with van der Waals surface area (Å²) in [6.07, 6.45) is 0. The van der Waals surface area contributed by atoms with Crippen molar-refractivity contribution in [1.82, 2.24) is 15.1 Å². The molecule has 1 fully saturated rings. The molecule has 1 N–H and O–H groups in total. The number of sulfone groups is 1. The summed E-state index contributed by atoms with van der Waals surface area (Å²) in [4.78, 5) is 2.55. The van der Waals surface area contributed by atoms with Crippen molar-refractivity contribution in [3.05, 3.63) is 48.5 Å². The molecule has 0 atom stereocenters. The molecular weight excluding hydrogens is 384 g/mol. The lowest BCUT2D eigenvalue weighted by Crippen LogP contribution is -2.43. The van der Waals surface area contributed by atoms with Gasteiger partial charge in [-0.3, -0.25) is 4.68 Å². The van der Waals surface area contributed by atoms with Gasteiger partial charge in [-0.25, -0.2) is 8.42 Å². The first kappa shape index (κ1) is 19.7. The van der Waals surface area contributed by atoms with E-state index in [2.05, 4.69) is 21.4 Å². The van der Waals surface area contributed by atoms with Crippen LogP contribution in [0.5, 0.6) is 0 Å². The molecule has 144 valence electrons. The zero-order chi connectivity index (χ0) is 18.1. The number of halogens is 1. The van der Waals surface area contributed by atoms with Crippen molar-refractivity contribution < 1.29 is 8.42 Å². The minimum absolute atomic E-state index is 0. The highest BCUT2D eigenvalue weighted by molar-refractivity contribution is 7.91. The predicted octanol–water partition coefficient (Wildman–Crippen LogP) is 2.72. The zero-order valence-electron chi connectivity index (χ0n) is 15.1. The summed E-state index contributed by atoms with van der Waals surface area (Å²) in [5.41, 5.74) is 1.89. The van der Waals surface area contributed by atoms with Crippen molar-refractivity contribution in [1.29, 1.82) is 0 Å². The highest BCUT2D eigenvalue weighted by atomic mass is 35.5. The minimum atomic E-state index is -3.67. The second-order valence-electron chi connectivity index (χ2n) is 6.38. The lowest BCUT2D eigenvalue weighted by Gasteiger charge is -2.29. The van der Waals surface area contributed by atoms with Crippen molar-refractivity contribution in [3.8, 4) is 0 Å². The van der Waals surface area contributed by atoms with Crippen LogP contribution < -0.4 is 10.2 Å². The molecule has 0 saturated carbocycles. The van der Waals surface area contributed by atoms with Gasteiger partial charge in [0.05, 0.1) is 10.4 Å². The highest BCUT2D eigenvalue weighted by Gasteiger charge is 2.25. The first-order chi connectivity index (χ1) is 12.6.